The van der Waals surface area contributed by atoms with Gasteiger partial charge in [-0.3, -0.25) is 4.90 Å². The van der Waals surface area contributed by atoms with Crippen LogP contribution in [0.3, 0.4) is 0 Å². The molecular weight excluding hydrogens is 300 g/mol. The van der Waals surface area contributed by atoms with Crippen LogP contribution in [-0.4, -0.2) is 45.3 Å². The molecule has 22 heavy (non-hydrogen) atoms. The van der Waals surface area contributed by atoms with Gasteiger partial charge in [-0.2, -0.15) is 0 Å². The first kappa shape index (κ1) is 15.9. The molecule has 1 heterocycles. The van der Waals surface area contributed by atoms with Gasteiger partial charge < -0.3 is 14.8 Å². The van der Waals surface area contributed by atoms with Crippen LogP contribution in [-0.2, 0) is 0 Å². The van der Waals surface area contributed by atoms with Crippen molar-refractivity contribution >= 4 is 11.6 Å². The van der Waals surface area contributed by atoms with E-state index in [9.17, 15) is 0 Å². The molecule has 1 saturated heterocycles. The van der Waals surface area contributed by atoms with Crippen molar-refractivity contribution in [2.24, 2.45) is 5.92 Å². The summed E-state index contributed by atoms with van der Waals surface area (Å²) < 4.78 is 10.8. The van der Waals surface area contributed by atoms with Gasteiger partial charge in [0.05, 0.1) is 19.2 Å². The Bertz CT molecular complexity index is 514. The number of rotatable bonds is 6. The molecule has 3 rings (SSSR count). The Kier molecular flexibility index (Phi) is 5.11. The largest absolute Gasteiger partial charge is 0.493 e. The van der Waals surface area contributed by atoms with E-state index in [1.165, 1.54) is 24.8 Å². The van der Waals surface area contributed by atoms with Crippen LogP contribution in [0.25, 0.3) is 0 Å². The van der Waals surface area contributed by atoms with E-state index in [0.29, 0.717) is 22.6 Å². The molecule has 0 bridgehead atoms. The van der Waals surface area contributed by atoms with Crippen LogP contribution in [0.5, 0.6) is 11.5 Å². The van der Waals surface area contributed by atoms with Crippen molar-refractivity contribution < 1.29 is 9.47 Å². The normalized spacial score (nSPS) is 20.7. The molecule has 1 aromatic rings. The molecule has 1 aliphatic carbocycles. The zero-order chi connectivity index (χ0) is 15.5. The van der Waals surface area contributed by atoms with Gasteiger partial charge in [0.25, 0.3) is 0 Å². The van der Waals surface area contributed by atoms with E-state index in [-0.39, 0.29) is 0 Å². The lowest BCUT2D eigenvalue weighted by Gasteiger charge is -2.36. The molecule has 1 aromatic carbocycles. The Morgan fingerprint density at radius 3 is 2.55 bits per heavy atom. The second kappa shape index (κ2) is 7.07. The van der Waals surface area contributed by atoms with E-state index in [1.54, 1.807) is 14.2 Å². The summed E-state index contributed by atoms with van der Waals surface area (Å²) in [7, 11) is 3.29. The van der Waals surface area contributed by atoms with Crippen molar-refractivity contribution in [3.63, 3.8) is 0 Å². The first-order valence-corrected chi connectivity index (χ1v) is 8.47. The minimum atomic E-state index is 0.377. The predicted molar refractivity (Wildman–Crippen MR) is 89.1 cm³/mol. The third kappa shape index (κ3) is 3.34. The topological polar surface area (TPSA) is 33.7 Å². The molecule has 1 atom stereocenters. The van der Waals surface area contributed by atoms with Gasteiger partial charge in [0.15, 0.2) is 11.5 Å². The van der Waals surface area contributed by atoms with Gasteiger partial charge in [0.2, 0.25) is 0 Å². The van der Waals surface area contributed by atoms with Gasteiger partial charge in [-0.25, -0.2) is 0 Å². The summed E-state index contributed by atoms with van der Waals surface area (Å²) in [6.07, 6.45) is 3.90. The molecule has 0 spiro atoms. The number of hydrogen-bond donors (Lipinski definition) is 1. The molecule has 0 radical (unpaired) electrons. The number of nitrogens with zero attached hydrogens (tertiary/aromatic N) is 1. The van der Waals surface area contributed by atoms with Crippen molar-refractivity contribution in [2.75, 3.05) is 40.4 Å². The summed E-state index contributed by atoms with van der Waals surface area (Å²) in [5.41, 5.74) is 1.17. The second-order valence-corrected chi connectivity index (χ2v) is 6.56. The van der Waals surface area contributed by atoms with Crippen LogP contribution in [0.4, 0.5) is 0 Å². The van der Waals surface area contributed by atoms with Crippen molar-refractivity contribution in [1.82, 2.24) is 10.2 Å². The van der Waals surface area contributed by atoms with E-state index in [1.807, 2.05) is 6.07 Å². The molecule has 5 heteroatoms. The minimum Gasteiger partial charge on any atom is -0.493 e. The summed E-state index contributed by atoms with van der Waals surface area (Å²) >= 11 is 6.66. The maximum Gasteiger partial charge on any atom is 0.179 e. The Labute approximate surface area is 137 Å². The van der Waals surface area contributed by atoms with Gasteiger partial charge in [0.1, 0.15) is 0 Å². The van der Waals surface area contributed by atoms with Crippen molar-refractivity contribution in [3.8, 4) is 11.5 Å². The fourth-order valence-corrected chi connectivity index (χ4v) is 3.66. The Hall–Kier alpha value is -0.970. The van der Waals surface area contributed by atoms with Crippen LogP contribution in [0.1, 0.15) is 30.9 Å². The lowest BCUT2D eigenvalue weighted by molar-refractivity contribution is 0.160. The maximum atomic E-state index is 6.66. The number of ether oxygens (including phenoxy) is 2. The fraction of sp³-hybridized carbons (Fsp3) is 0.647. The number of hydrogen-bond acceptors (Lipinski definition) is 4. The average Bonchev–Trinajstić information content (AvgIpc) is 3.37. The van der Waals surface area contributed by atoms with Gasteiger partial charge in [-0.05, 0) is 24.0 Å². The summed E-state index contributed by atoms with van der Waals surface area (Å²) in [4.78, 5) is 2.56. The summed E-state index contributed by atoms with van der Waals surface area (Å²) in [6.45, 7) is 4.24. The number of halogens is 1. The Balaban J connectivity index is 1.92. The predicted octanol–water partition coefficient (Wildman–Crippen LogP) is 3.10. The lowest BCUT2D eigenvalue weighted by Crippen LogP contribution is -2.45. The zero-order valence-corrected chi connectivity index (χ0v) is 14.2. The molecule has 1 N–H and O–H groups in total. The van der Waals surface area contributed by atoms with Gasteiger partial charge in [-0.15, -0.1) is 0 Å². The standard InChI is InChI=1S/C17H25ClN2O2/c1-21-15-6-5-13(16(18)17(15)22-2)14(11-12-3-4-12)20-9-7-19-8-10-20/h5-6,12,14,19H,3-4,7-11H2,1-2H3/t14-/m0/s1. The summed E-state index contributed by atoms with van der Waals surface area (Å²) in [5.74, 6) is 2.20. The van der Waals surface area contributed by atoms with Crippen LogP contribution in [0.2, 0.25) is 5.02 Å². The third-order valence-corrected chi connectivity index (χ3v) is 5.11. The average molecular weight is 325 g/mol. The highest BCUT2D eigenvalue weighted by Gasteiger charge is 2.32. The number of piperazine rings is 1. The molecule has 0 unspecified atom stereocenters. The molecule has 0 aromatic heterocycles. The van der Waals surface area contributed by atoms with Gasteiger partial charge in [0, 0.05) is 32.2 Å². The van der Waals surface area contributed by atoms with Crippen LogP contribution in [0.15, 0.2) is 12.1 Å². The third-order valence-electron chi connectivity index (χ3n) is 4.72. The monoisotopic (exact) mass is 324 g/mol. The van der Waals surface area contributed by atoms with E-state index >= 15 is 0 Å². The fourth-order valence-electron chi connectivity index (χ4n) is 3.30. The smallest absolute Gasteiger partial charge is 0.179 e. The first-order valence-electron chi connectivity index (χ1n) is 8.09. The highest BCUT2D eigenvalue weighted by molar-refractivity contribution is 6.33. The Morgan fingerprint density at radius 2 is 1.95 bits per heavy atom. The number of nitrogens with one attached hydrogen (secondary N) is 1. The molecule has 4 nitrogen and oxygen atoms in total. The Morgan fingerprint density at radius 1 is 1.23 bits per heavy atom. The van der Waals surface area contributed by atoms with Gasteiger partial charge in [-0.1, -0.05) is 30.5 Å². The summed E-state index contributed by atoms with van der Waals surface area (Å²) in [5, 5.41) is 4.13. The summed E-state index contributed by atoms with van der Waals surface area (Å²) in [6, 6.07) is 4.46. The van der Waals surface area contributed by atoms with Crippen molar-refractivity contribution in [1.29, 1.82) is 0 Å². The molecule has 1 aliphatic heterocycles. The molecule has 1 saturated carbocycles. The van der Waals surface area contributed by atoms with E-state index in [2.05, 4.69) is 16.3 Å². The SMILES string of the molecule is COc1ccc([C@H](CC2CC2)N2CCNCC2)c(Cl)c1OC. The zero-order valence-electron chi connectivity index (χ0n) is 13.4. The van der Waals surface area contributed by atoms with Crippen LogP contribution < -0.4 is 14.8 Å². The number of methoxy groups -OCH3 is 2. The molecular formula is C17H25ClN2O2. The molecule has 2 aliphatic rings. The molecule has 122 valence electrons. The van der Waals surface area contributed by atoms with Gasteiger partial charge >= 0.3 is 0 Å². The van der Waals surface area contributed by atoms with Crippen LogP contribution >= 0.6 is 11.6 Å². The van der Waals surface area contributed by atoms with Crippen LogP contribution in [0, 0.1) is 5.92 Å². The molecule has 2 fully saturated rings. The highest BCUT2D eigenvalue weighted by Crippen LogP contribution is 2.45. The second-order valence-electron chi connectivity index (χ2n) is 6.19. The minimum absolute atomic E-state index is 0.377. The quantitative estimate of drug-likeness (QED) is 0.872. The highest BCUT2D eigenvalue weighted by atomic mass is 35.5. The van der Waals surface area contributed by atoms with Crippen molar-refractivity contribution in [2.45, 2.75) is 25.3 Å². The number of benzene rings is 1. The van der Waals surface area contributed by atoms with Crippen molar-refractivity contribution in [3.05, 3.63) is 22.7 Å². The van der Waals surface area contributed by atoms with E-state index < -0.39 is 0 Å². The van der Waals surface area contributed by atoms with E-state index in [4.69, 9.17) is 21.1 Å². The molecule has 0 amide bonds. The van der Waals surface area contributed by atoms with E-state index in [0.717, 1.165) is 32.1 Å². The first-order chi connectivity index (χ1) is 10.7. The lowest BCUT2D eigenvalue weighted by atomic mass is 9.98. The maximum absolute atomic E-state index is 6.66.